The molecule has 3 amide bonds. The zero-order chi connectivity index (χ0) is 21.6. The Morgan fingerprint density at radius 2 is 1.55 bits per heavy atom. The van der Waals surface area contributed by atoms with E-state index in [9.17, 15) is 9.59 Å². The maximum atomic E-state index is 12.6. The largest absolute Gasteiger partial charge is 0.325 e. The average molecular weight is 455 g/mol. The predicted octanol–water partition coefficient (Wildman–Crippen LogP) is 6.12. The van der Waals surface area contributed by atoms with Gasteiger partial charge in [0.1, 0.15) is 10.7 Å². The van der Waals surface area contributed by atoms with Gasteiger partial charge in [-0.2, -0.15) is 0 Å². The number of anilines is 2. The third-order valence-electron chi connectivity index (χ3n) is 5.13. The van der Waals surface area contributed by atoms with Crippen molar-refractivity contribution in [2.24, 2.45) is 0 Å². The lowest BCUT2D eigenvalue weighted by molar-refractivity contribution is 0.102. The highest BCUT2D eigenvalue weighted by molar-refractivity contribution is 7.13. The van der Waals surface area contributed by atoms with Crippen LogP contribution in [0.3, 0.4) is 0 Å². The van der Waals surface area contributed by atoms with Crippen molar-refractivity contribution >= 4 is 46.3 Å². The van der Waals surface area contributed by atoms with Crippen molar-refractivity contribution in [3.8, 4) is 10.6 Å². The lowest BCUT2D eigenvalue weighted by Gasteiger charge is -2.20. The first-order valence-electron chi connectivity index (χ1n) is 10.3. The average Bonchev–Trinajstić information content (AvgIpc) is 3.10. The van der Waals surface area contributed by atoms with Gasteiger partial charge in [-0.25, -0.2) is 9.78 Å². The number of thiazole rings is 1. The van der Waals surface area contributed by atoms with Gasteiger partial charge in [0.15, 0.2) is 0 Å². The third-order valence-corrected chi connectivity index (χ3v) is 6.33. The van der Waals surface area contributed by atoms with E-state index < -0.39 is 0 Å². The quantitative estimate of drug-likeness (QED) is 0.498. The minimum absolute atomic E-state index is 0.0757. The number of benzene rings is 2. The molecule has 31 heavy (non-hydrogen) atoms. The molecule has 8 heteroatoms. The molecule has 1 fully saturated rings. The number of carbonyl (C=O) groups excluding carboxylic acids is 2. The number of nitrogens with one attached hydrogen (secondary N) is 2. The highest BCUT2D eigenvalue weighted by Gasteiger charge is 2.16. The van der Waals surface area contributed by atoms with Crippen LogP contribution < -0.4 is 10.6 Å². The summed E-state index contributed by atoms with van der Waals surface area (Å²) in [5.74, 6) is -0.295. The molecule has 0 bridgehead atoms. The van der Waals surface area contributed by atoms with Crippen LogP contribution in [0.4, 0.5) is 16.2 Å². The highest BCUT2D eigenvalue weighted by Crippen LogP contribution is 2.30. The molecule has 0 unspecified atom stereocenters. The summed E-state index contributed by atoms with van der Waals surface area (Å²) < 4.78 is 0. The molecule has 0 saturated carbocycles. The fraction of sp³-hybridized carbons (Fsp3) is 0.261. The number of aromatic nitrogens is 1. The van der Waals surface area contributed by atoms with Crippen LogP contribution in [-0.2, 0) is 0 Å². The van der Waals surface area contributed by atoms with Crippen LogP contribution in [0, 0.1) is 0 Å². The van der Waals surface area contributed by atoms with Crippen molar-refractivity contribution in [1.82, 2.24) is 9.88 Å². The van der Waals surface area contributed by atoms with Gasteiger partial charge in [0, 0.05) is 35.4 Å². The van der Waals surface area contributed by atoms with Crippen LogP contribution in [0.25, 0.3) is 10.6 Å². The van der Waals surface area contributed by atoms with Crippen LogP contribution in [-0.4, -0.2) is 34.9 Å². The van der Waals surface area contributed by atoms with Gasteiger partial charge in [-0.3, -0.25) is 4.79 Å². The molecule has 0 radical (unpaired) electrons. The Morgan fingerprint density at radius 3 is 2.23 bits per heavy atom. The van der Waals surface area contributed by atoms with Crippen LogP contribution in [0.2, 0.25) is 5.02 Å². The van der Waals surface area contributed by atoms with Crippen molar-refractivity contribution in [2.45, 2.75) is 25.7 Å². The molecule has 0 spiro atoms. The number of carbonyl (C=O) groups is 2. The van der Waals surface area contributed by atoms with Crippen molar-refractivity contribution in [2.75, 3.05) is 23.7 Å². The highest BCUT2D eigenvalue weighted by atomic mass is 35.5. The Kier molecular flexibility index (Phi) is 6.84. The molecule has 1 aromatic heterocycles. The van der Waals surface area contributed by atoms with E-state index in [1.54, 1.807) is 35.7 Å². The number of hydrogen-bond acceptors (Lipinski definition) is 4. The summed E-state index contributed by atoms with van der Waals surface area (Å²) in [6.07, 6.45) is 4.45. The monoisotopic (exact) mass is 454 g/mol. The standard InChI is InChI=1S/C23H23ClN4O2S/c24-19-8-4-3-7-18(19)22-27-20(15-31-22)21(29)25-16-9-11-17(12-10-16)26-23(30)28-13-5-1-2-6-14-28/h3-4,7-12,15H,1-2,5-6,13-14H2,(H,25,29)(H,26,30). The Hall–Kier alpha value is -2.90. The van der Waals surface area contributed by atoms with Crippen molar-refractivity contribution < 1.29 is 9.59 Å². The van der Waals surface area contributed by atoms with E-state index >= 15 is 0 Å². The number of amides is 3. The topological polar surface area (TPSA) is 74.3 Å². The molecule has 0 atom stereocenters. The minimum atomic E-state index is -0.295. The van der Waals surface area contributed by atoms with Gasteiger partial charge in [-0.1, -0.05) is 42.6 Å². The molecule has 3 aromatic rings. The lowest BCUT2D eigenvalue weighted by Crippen LogP contribution is -2.35. The molecule has 0 aliphatic carbocycles. The van der Waals surface area contributed by atoms with Gasteiger partial charge in [0.05, 0.1) is 5.02 Å². The Labute approximate surface area is 190 Å². The molecule has 1 aliphatic rings. The second-order valence-corrected chi connectivity index (χ2v) is 8.65. The predicted molar refractivity (Wildman–Crippen MR) is 126 cm³/mol. The van der Waals surface area contributed by atoms with E-state index in [-0.39, 0.29) is 11.9 Å². The van der Waals surface area contributed by atoms with E-state index in [1.165, 1.54) is 24.2 Å². The number of rotatable bonds is 4. The SMILES string of the molecule is O=C(Nc1ccc(NC(=O)N2CCCCCC2)cc1)c1csc(-c2ccccc2Cl)n1. The smallest absolute Gasteiger partial charge is 0.321 e. The van der Waals surface area contributed by atoms with Gasteiger partial charge in [-0.15, -0.1) is 11.3 Å². The molecular weight excluding hydrogens is 432 g/mol. The zero-order valence-corrected chi connectivity index (χ0v) is 18.5. The Bertz CT molecular complexity index is 1060. The molecule has 2 N–H and O–H groups in total. The summed E-state index contributed by atoms with van der Waals surface area (Å²) in [5, 5.41) is 8.78. The first-order valence-corrected chi connectivity index (χ1v) is 11.5. The van der Waals surface area contributed by atoms with Gasteiger partial charge in [-0.05, 0) is 43.2 Å². The number of nitrogens with zero attached hydrogens (tertiary/aromatic N) is 2. The second-order valence-electron chi connectivity index (χ2n) is 7.38. The van der Waals surface area contributed by atoms with Crippen LogP contribution in [0.5, 0.6) is 0 Å². The summed E-state index contributed by atoms with van der Waals surface area (Å²) in [7, 11) is 0. The third kappa shape index (κ3) is 5.42. The van der Waals surface area contributed by atoms with E-state index in [2.05, 4.69) is 15.6 Å². The molecule has 160 valence electrons. The van der Waals surface area contributed by atoms with Crippen LogP contribution in [0.15, 0.2) is 53.9 Å². The molecule has 4 rings (SSSR count). The fourth-order valence-electron chi connectivity index (χ4n) is 3.44. The number of likely N-dealkylation sites (tertiary alicyclic amines) is 1. The van der Waals surface area contributed by atoms with Crippen molar-refractivity contribution in [3.63, 3.8) is 0 Å². The minimum Gasteiger partial charge on any atom is -0.325 e. The Balaban J connectivity index is 1.36. The molecule has 1 aliphatic heterocycles. The van der Waals surface area contributed by atoms with Crippen LogP contribution >= 0.6 is 22.9 Å². The number of halogens is 1. The molecular formula is C23H23ClN4O2S. The molecule has 1 saturated heterocycles. The van der Waals surface area contributed by atoms with Crippen molar-refractivity contribution in [1.29, 1.82) is 0 Å². The summed E-state index contributed by atoms with van der Waals surface area (Å²) in [6, 6.07) is 14.4. The number of hydrogen-bond donors (Lipinski definition) is 2. The molecule has 2 heterocycles. The normalized spacial score (nSPS) is 14.0. The van der Waals surface area contributed by atoms with Crippen molar-refractivity contribution in [3.05, 3.63) is 64.6 Å². The van der Waals surface area contributed by atoms with Gasteiger partial charge < -0.3 is 15.5 Å². The molecule has 2 aromatic carbocycles. The van der Waals surface area contributed by atoms with E-state index in [1.807, 2.05) is 23.1 Å². The second kappa shape index (κ2) is 9.94. The summed E-state index contributed by atoms with van der Waals surface area (Å²) >= 11 is 7.59. The van der Waals surface area contributed by atoms with E-state index in [4.69, 9.17) is 11.6 Å². The van der Waals surface area contributed by atoms with Gasteiger partial charge in [0.25, 0.3) is 5.91 Å². The Morgan fingerprint density at radius 1 is 0.903 bits per heavy atom. The maximum absolute atomic E-state index is 12.6. The van der Waals surface area contributed by atoms with Gasteiger partial charge in [0.2, 0.25) is 0 Å². The summed E-state index contributed by atoms with van der Waals surface area (Å²) in [4.78, 5) is 31.3. The zero-order valence-electron chi connectivity index (χ0n) is 16.9. The van der Waals surface area contributed by atoms with Crippen LogP contribution in [0.1, 0.15) is 36.2 Å². The van der Waals surface area contributed by atoms with E-state index in [0.717, 1.165) is 31.5 Å². The first kappa shape index (κ1) is 21.3. The summed E-state index contributed by atoms with van der Waals surface area (Å²) in [6.45, 7) is 1.59. The molecule has 6 nitrogen and oxygen atoms in total. The summed E-state index contributed by atoms with van der Waals surface area (Å²) in [5.41, 5.74) is 2.46. The first-order chi connectivity index (χ1) is 15.1. The maximum Gasteiger partial charge on any atom is 0.321 e. The van der Waals surface area contributed by atoms with E-state index in [0.29, 0.717) is 27.1 Å². The lowest BCUT2D eigenvalue weighted by atomic mass is 10.2. The fourth-order valence-corrected chi connectivity index (χ4v) is 4.57. The number of urea groups is 1. The van der Waals surface area contributed by atoms with Gasteiger partial charge >= 0.3 is 6.03 Å².